The Hall–Kier alpha value is -2.18. The fourth-order valence-corrected chi connectivity index (χ4v) is 3.43. The number of hydrogen-bond acceptors (Lipinski definition) is 4. The summed E-state index contributed by atoms with van der Waals surface area (Å²) in [5.41, 5.74) is 1.93. The number of nitrogens with zero attached hydrogens (tertiary/aromatic N) is 2. The molecule has 130 valence electrons. The average Bonchev–Trinajstić information content (AvgIpc) is 3.27. The van der Waals surface area contributed by atoms with Gasteiger partial charge in [0.15, 0.2) is 5.16 Å². The van der Waals surface area contributed by atoms with Crippen molar-refractivity contribution in [2.24, 2.45) is 0 Å². The monoisotopic (exact) mass is 375 g/mol. The van der Waals surface area contributed by atoms with Gasteiger partial charge in [0, 0.05) is 17.4 Å². The van der Waals surface area contributed by atoms with Crippen LogP contribution in [-0.4, -0.2) is 20.7 Å². The van der Waals surface area contributed by atoms with Gasteiger partial charge in [0.1, 0.15) is 5.76 Å². The number of carbonyl (C=O) groups excluding carboxylic acids is 1. The summed E-state index contributed by atoms with van der Waals surface area (Å²) >= 11 is 7.61. The fraction of sp³-hybridized carbons (Fsp3) is 0.222. The van der Waals surface area contributed by atoms with Crippen LogP contribution in [0, 0.1) is 6.92 Å². The van der Waals surface area contributed by atoms with Crippen LogP contribution in [0.5, 0.6) is 0 Å². The molecule has 0 aliphatic heterocycles. The average molecular weight is 376 g/mol. The first kappa shape index (κ1) is 17.6. The highest BCUT2D eigenvalue weighted by atomic mass is 35.5. The molecule has 2 aromatic heterocycles. The number of rotatable bonds is 6. The molecule has 3 rings (SSSR count). The molecule has 25 heavy (non-hydrogen) atoms. The number of hydrogen-bond donors (Lipinski definition) is 1. The van der Waals surface area contributed by atoms with Gasteiger partial charge in [-0.2, -0.15) is 0 Å². The minimum absolute atomic E-state index is 0.0706. The minimum atomic E-state index is -0.296. The molecule has 0 radical (unpaired) electrons. The number of benzene rings is 1. The van der Waals surface area contributed by atoms with E-state index in [1.807, 2.05) is 48.9 Å². The van der Waals surface area contributed by atoms with Crippen molar-refractivity contribution in [1.29, 1.82) is 0 Å². The van der Waals surface area contributed by atoms with E-state index < -0.39 is 0 Å². The van der Waals surface area contributed by atoms with Crippen molar-refractivity contribution >= 4 is 29.3 Å². The normalized spacial score (nSPS) is 12.1. The van der Waals surface area contributed by atoms with Crippen LogP contribution in [0.4, 0.5) is 0 Å². The first-order chi connectivity index (χ1) is 12.1. The van der Waals surface area contributed by atoms with Gasteiger partial charge in [-0.25, -0.2) is 4.98 Å². The van der Waals surface area contributed by atoms with E-state index in [1.54, 1.807) is 18.5 Å². The van der Waals surface area contributed by atoms with Gasteiger partial charge in [-0.3, -0.25) is 9.36 Å². The van der Waals surface area contributed by atoms with Gasteiger partial charge >= 0.3 is 0 Å². The van der Waals surface area contributed by atoms with Crippen LogP contribution in [-0.2, 0) is 11.3 Å². The van der Waals surface area contributed by atoms with Crippen LogP contribution < -0.4 is 5.32 Å². The summed E-state index contributed by atoms with van der Waals surface area (Å²) in [7, 11) is 0. The molecule has 3 aromatic rings. The van der Waals surface area contributed by atoms with Crippen molar-refractivity contribution in [3.05, 3.63) is 65.3 Å². The third-order valence-electron chi connectivity index (χ3n) is 3.77. The standard InChI is InChI=1S/C18H18ClN3O2S/c1-12-15(19)6-3-7-16(12)22-9-8-20-18(22)25-13(2)17(23)21-11-14-5-4-10-24-14/h3-10,13H,11H2,1-2H3,(H,21,23). The van der Waals surface area contributed by atoms with Gasteiger partial charge in [-0.05, 0) is 43.7 Å². The molecule has 0 aliphatic carbocycles. The molecule has 0 fully saturated rings. The van der Waals surface area contributed by atoms with Crippen molar-refractivity contribution in [2.75, 3.05) is 0 Å². The van der Waals surface area contributed by atoms with Gasteiger partial charge < -0.3 is 9.73 Å². The van der Waals surface area contributed by atoms with Crippen LogP contribution >= 0.6 is 23.4 Å². The lowest BCUT2D eigenvalue weighted by molar-refractivity contribution is -0.120. The maximum atomic E-state index is 12.3. The summed E-state index contributed by atoms with van der Waals surface area (Å²) in [5, 5.41) is 4.01. The Morgan fingerprint density at radius 2 is 2.24 bits per heavy atom. The lowest BCUT2D eigenvalue weighted by Crippen LogP contribution is -2.30. The Kier molecular flexibility index (Phi) is 5.50. The van der Waals surface area contributed by atoms with Crippen LogP contribution in [0.3, 0.4) is 0 Å². The SMILES string of the molecule is Cc1c(Cl)cccc1-n1ccnc1SC(C)C(=O)NCc1ccco1. The van der Waals surface area contributed by atoms with Gasteiger partial charge in [0.2, 0.25) is 5.91 Å². The van der Waals surface area contributed by atoms with Crippen LogP contribution in [0.25, 0.3) is 5.69 Å². The largest absolute Gasteiger partial charge is 0.467 e. The summed E-state index contributed by atoms with van der Waals surface area (Å²) in [6.45, 7) is 4.19. The first-order valence-corrected chi connectivity index (χ1v) is 9.07. The minimum Gasteiger partial charge on any atom is -0.467 e. The van der Waals surface area contributed by atoms with Crippen LogP contribution in [0.15, 0.2) is 58.6 Å². The molecule has 0 spiro atoms. The van der Waals surface area contributed by atoms with Gasteiger partial charge in [0.05, 0.1) is 23.7 Å². The number of furan rings is 1. The maximum absolute atomic E-state index is 12.3. The molecule has 5 nitrogen and oxygen atoms in total. The molecule has 1 aromatic carbocycles. The number of halogens is 1. The predicted molar refractivity (Wildman–Crippen MR) is 99.2 cm³/mol. The smallest absolute Gasteiger partial charge is 0.233 e. The zero-order chi connectivity index (χ0) is 17.8. The zero-order valence-corrected chi connectivity index (χ0v) is 15.5. The van der Waals surface area contributed by atoms with Crippen molar-refractivity contribution in [2.45, 2.75) is 30.8 Å². The lowest BCUT2D eigenvalue weighted by Gasteiger charge is -2.14. The second kappa shape index (κ2) is 7.80. The molecule has 1 N–H and O–H groups in total. The number of aromatic nitrogens is 2. The Morgan fingerprint density at radius 1 is 1.40 bits per heavy atom. The predicted octanol–water partition coefficient (Wildman–Crippen LogP) is 4.22. The van der Waals surface area contributed by atoms with E-state index in [4.69, 9.17) is 16.0 Å². The zero-order valence-electron chi connectivity index (χ0n) is 13.9. The highest BCUT2D eigenvalue weighted by Crippen LogP contribution is 2.28. The van der Waals surface area contributed by atoms with Crippen molar-refractivity contribution < 1.29 is 9.21 Å². The number of nitrogens with one attached hydrogen (secondary N) is 1. The second-order valence-electron chi connectivity index (χ2n) is 5.52. The summed E-state index contributed by atoms with van der Waals surface area (Å²) in [5.74, 6) is 0.653. The van der Waals surface area contributed by atoms with Gasteiger partial charge in [-0.1, -0.05) is 29.4 Å². The molecule has 0 saturated heterocycles. The van der Waals surface area contributed by atoms with Crippen molar-refractivity contribution in [3.8, 4) is 5.69 Å². The summed E-state index contributed by atoms with van der Waals surface area (Å²) in [6.07, 6.45) is 5.18. The van der Waals surface area contributed by atoms with Gasteiger partial charge in [0.25, 0.3) is 0 Å². The van der Waals surface area contributed by atoms with E-state index in [-0.39, 0.29) is 11.2 Å². The highest BCUT2D eigenvalue weighted by Gasteiger charge is 2.18. The molecule has 0 bridgehead atoms. The summed E-state index contributed by atoms with van der Waals surface area (Å²) in [4.78, 5) is 16.7. The van der Waals surface area contributed by atoms with E-state index in [2.05, 4.69) is 10.3 Å². The Labute approximate surface area is 155 Å². The lowest BCUT2D eigenvalue weighted by atomic mass is 10.2. The van der Waals surface area contributed by atoms with E-state index in [0.29, 0.717) is 11.6 Å². The summed E-state index contributed by atoms with van der Waals surface area (Å²) < 4.78 is 7.17. The molecular weight excluding hydrogens is 358 g/mol. The number of thioether (sulfide) groups is 1. The van der Waals surface area contributed by atoms with Gasteiger partial charge in [-0.15, -0.1) is 0 Å². The van der Waals surface area contributed by atoms with Crippen molar-refractivity contribution in [1.82, 2.24) is 14.9 Å². The van der Waals surface area contributed by atoms with E-state index in [1.165, 1.54) is 11.8 Å². The molecule has 1 amide bonds. The molecule has 7 heteroatoms. The van der Waals surface area contributed by atoms with Crippen LogP contribution in [0.2, 0.25) is 5.02 Å². The quantitative estimate of drug-likeness (QED) is 0.655. The number of imidazole rings is 1. The second-order valence-corrected chi connectivity index (χ2v) is 7.24. The first-order valence-electron chi connectivity index (χ1n) is 7.82. The highest BCUT2D eigenvalue weighted by molar-refractivity contribution is 8.00. The topological polar surface area (TPSA) is 60.1 Å². The third kappa shape index (κ3) is 4.08. The maximum Gasteiger partial charge on any atom is 0.233 e. The van der Waals surface area contributed by atoms with E-state index in [9.17, 15) is 4.79 Å². The van der Waals surface area contributed by atoms with E-state index in [0.717, 1.165) is 22.2 Å². The number of carbonyl (C=O) groups is 1. The molecule has 2 heterocycles. The Balaban J connectivity index is 1.70. The Morgan fingerprint density at radius 3 is 3.00 bits per heavy atom. The Bertz CT molecular complexity index is 861. The van der Waals surface area contributed by atoms with E-state index >= 15 is 0 Å². The van der Waals surface area contributed by atoms with Crippen molar-refractivity contribution in [3.63, 3.8) is 0 Å². The molecule has 1 unspecified atom stereocenters. The molecule has 1 atom stereocenters. The summed E-state index contributed by atoms with van der Waals surface area (Å²) in [6, 6.07) is 9.36. The number of amides is 1. The molecule has 0 saturated carbocycles. The molecule has 0 aliphatic rings. The fourth-order valence-electron chi connectivity index (χ4n) is 2.36. The van der Waals surface area contributed by atoms with Crippen LogP contribution in [0.1, 0.15) is 18.2 Å². The molecular formula is C18H18ClN3O2S. The third-order valence-corrected chi connectivity index (χ3v) is 5.26.